The van der Waals surface area contributed by atoms with Crippen LogP contribution < -0.4 is 5.32 Å². The number of thiazole rings is 1. The number of aromatic nitrogens is 2. The number of anilines is 1. The molecule has 21 heavy (non-hydrogen) atoms. The van der Waals surface area contributed by atoms with Crippen molar-refractivity contribution in [3.8, 4) is 0 Å². The largest absolute Gasteiger partial charge is 0.373 e. The number of rotatable bonds is 3. The smallest absolute Gasteiger partial charge is 0.253 e. The fourth-order valence-corrected chi connectivity index (χ4v) is 2.50. The summed E-state index contributed by atoms with van der Waals surface area (Å²) >= 11 is 1.29. The van der Waals surface area contributed by atoms with Gasteiger partial charge in [-0.3, -0.25) is 0 Å². The summed E-state index contributed by atoms with van der Waals surface area (Å²) in [6.45, 7) is 5.89. The van der Waals surface area contributed by atoms with Crippen LogP contribution in [0.3, 0.4) is 0 Å². The standard InChI is InChI=1S/C13H13F4N3S/c1-13(2,3)6-5-21-7(19-6)4-18-10-8(14)11(16)20-12(17)9(10)15/h5H,4H2,1-3H3,(H,18,20). The molecule has 3 nitrogen and oxygen atoms in total. The lowest BCUT2D eigenvalue weighted by atomic mass is 9.93. The van der Waals surface area contributed by atoms with Gasteiger partial charge in [0.1, 0.15) is 10.7 Å². The highest BCUT2D eigenvalue weighted by Gasteiger charge is 2.21. The molecule has 0 radical (unpaired) electrons. The van der Waals surface area contributed by atoms with Gasteiger partial charge in [-0.05, 0) is 0 Å². The first-order valence-corrected chi connectivity index (χ1v) is 6.97. The number of hydrogen-bond acceptors (Lipinski definition) is 4. The minimum atomic E-state index is -1.69. The first-order chi connectivity index (χ1) is 9.70. The van der Waals surface area contributed by atoms with E-state index < -0.39 is 29.2 Å². The first kappa shape index (κ1) is 15.7. The van der Waals surface area contributed by atoms with Gasteiger partial charge in [-0.15, -0.1) is 11.3 Å². The van der Waals surface area contributed by atoms with E-state index in [0.29, 0.717) is 5.01 Å². The number of halogens is 4. The quantitative estimate of drug-likeness (QED) is 0.686. The average Bonchev–Trinajstić information content (AvgIpc) is 2.85. The summed E-state index contributed by atoms with van der Waals surface area (Å²) in [5.41, 5.74) is -0.204. The summed E-state index contributed by atoms with van der Waals surface area (Å²) in [5, 5.41) is 4.70. The van der Waals surface area contributed by atoms with Crippen molar-refractivity contribution in [3.63, 3.8) is 0 Å². The maximum atomic E-state index is 13.4. The van der Waals surface area contributed by atoms with Crippen molar-refractivity contribution in [2.45, 2.75) is 32.7 Å². The van der Waals surface area contributed by atoms with Crippen LogP contribution in [0.4, 0.5) is 23.2 Å². The van der Waals surface area contributed by atoms with Crippen molar-refractivity contribution in [2.75, 3.05) is 5.32 Å². The van der Waals surface area contributed by atoms with Gasteiger partial charge in [0, 0.05) is 10.8 Å². The second-order valence-electron chi connectivity index (χ2n) is 5.43. The average molecular weight is 319 g/mol. The summed E-state index contributed by atoms with van der Waals surface area (Å²) in [6, 6.07) is 0. The van der Waals surface area contributed by atoms with E-state index in [9.17, 15) is 17.6 Å². The molecule has 0 atom stereocenters. The molecule has 0 amide bonds. The molecule has 0 aliphatic rings. The third kappa shape index (κ3) is 3.31. The van der Waals surface area contributed by atoms with Crippen molar-refractivity contribution < 1.29 is 17.6 Å². The Balaban J connectivity index is 2.19. The van der Waals surface area contributed by atoms with Crippen molar-refractivity contribution in [1.82, 2.24) is 9.97 Å². The zero-order chi connectivity index (χ0) is 15.8. The molecule has 0 saturated heterocycles. The molecule has 0 aliphatic heterocycles. The van der Waals surface area contributed by atoms with Crippen LogP contribution in [0.15, 0.2) is 5.38 Å². The van der Waals surface area contributed by atoms with Gasteiger partial charge in [-0.2, -0.15) is 22.5 Å². The molecule has 0 unspecified atom stereocenters. The van der Waals surface area contributed by atoms with Crippen molar-refractivity contribution in [1.29, 1.82) is 0 Å². The number of pyridine rings is 1. The van der Waals surface area contributed by atoms with E-state index >= 15 is 0 Å². The van der Waals surface area contributed by atoms with E-state index in [0.717, 1.165) is 5.69 Å². The van der Waals surface area contributed by atoms with Crippen LogP contribution >= 0.6 is 11.3 Å². The lowest BCUT2D eigenvalue weighted by Gasteiger charge is -2.14. The van der Waals surface area contributed by atoms with Crippen LogP contribution in [0.25, 0.3) is 0 Å². The third-order valence-electron chi connectivity index (χ3n) is 2.73. The molecule has 0 bridgehead atoms. The van der Waals surface area contributed by atoms with Crippen LogP contribution in [0.2, 0.25) is 0 Å². The van der Waals surface area contributed by atoms with Gasteiger partial charge in [-0.25, -0.2) is 4.98 Å². The Morgan fingerprint density at radius 1 is 1.05 bits per heavy atom. The highest BCUT2D eigenvalue weighted by atomic mass is 32.1. The number of nitrogens with zero attached hydrogens (tertiary/aromatic N) is 2. The molecule has 2 aromatic rings. The number of nitrogens with one attached hydrogen (secondary N) is 1. The Morgan fingerprint density at radius 3 is 2.10 bits per heavy atom. The molecule has 0 aromatic carbocycles. The normalized spacial score (nSPS) is 11.8. The van der Waals surface area contributed by atoms with E-state index in [-0.39, 0.29) is 12.0 Å². The third-order valence-corrected chi connectivity index (χ3v) is 3.58. The van der Waals surface area contributed by atoms with Crippen molar-refractivity contribution in [3.05, 3.63) is 39.6 Å². The van der Waals surface area contributed by atoms with E-state index in [2.05, 4.69) is 15.3 Å². The van der Waals surface area contributed by atoms with Gasteiger partial charge < -0.3 is 5.32 Å². The minimum absolute atomic E-state index is 0.0442. The Kier molecular flexibility index (Phi) is 4.18. The summed E-state index contributed by atoms with van der Waals surface area (Å²) in [5.74, 6) is -6.49. The molecule has 0 fully saturated rings. The van der Waals surface area contributed by atoms with Crippen LogP contribution in [0.5, 0.6) is 0 Å². The van der Waals surface area contributed by atoms with Crippen LogP contribution in [-0.4, -0.2) is 9.97 Å². The summed E-state index contributed by atoms with van der Waals surface area (Å²) in [7, 11) is 0. The van der Waals surface area contributed by atoms with Crippen LogP contribution in [0, 0.1) is 23.5 Å². The predicted molar refractivity (Wildman–Crippen MR) is 72.2 cm³/mol. The zero-order valence-corrected chi connectivity index (χ0v) is 12.4. The topological polar surface area (TPSA) is 37.8 Å². The molecule has 2 heterocycles. The number of hydrogen-bond donors (Lipinski definition) is 1. The molecule has 0 spiro atoms. The van der Waals surface area contributed by atoms with E-state index in [1.54, 1.807) is 0 Å². The molecule has 2 aromatic heterocycles. The van der Waals surface area contributed by atoms with Crippen molar-refractivity contribution in [2.24, 2.45) is 0 Å². The molecule has 0 aliphatic carbocycles. The maximum absolute atomic E-state index is 13.4. The molecule has 114 valence electrons. The molecule has 1 N–H and O–H groups in total. The van der Waals surface area contributed by atoms with Gasteiger partial charge in [0.15, 0.2) is 0 Å². The van der Waals surface area contributed by atoms with E-state index in [4.69, 9.17) is 0 Å². The maximum Gasteiger partial charge on any atom is 0.253 e. The second kappa shape index (κ2) is 5.59. The Morgan fingerprint density at radius 2 is 1.62 bits per heavy atom. The monoisotopic (exact) mass is 319 g/mol. The van der Waals surface area contributed by atoms with Gasteiger partial charge in [-0.1, -0.05) is 20.8 Å². The molecular weight excluding hydrogens is 306 g/mol. The summed E-state index contributed by atoms with van der Waals surface area (Å²) in [4.78, 5) is 6.80. The first-order valence-electron chi connectivity index (χ1n) is 6.09. The Bertz CT molecular complexity index is 638. The highest BCUT2D eigenvalue weighted by Crippen LogP contribution is 2.26. The Labute approximate surface area is 123 Å². The minimum Gasteiger partial charge on any atom is -0.373 e. The zero-order valence-electron chi connectivity index (χ0n) is 11.6. The van der Waals surface area contributed by atoms with Gasteiger partial charge >= 0.3 is 0 Å². The van der Waals surface area contributed by atoms with Crippen LogP contribution in [0.1, 0.15) is 31.5 Å². The van der Waals surface area contributed by atoms with Gasteiger partial charge in [0.25, 0.3) is 11.9 Å². The van der Waals surface area contributed by atoms with Gasteiger partial charge in [0.05, 0.1) is 12.2 Å². The lowest BCUT2D eigenvalue weighted by Crippen LogP contribution is -2.12. The lowest BCUT2D eigenvalue weighted by molar-refractivity contribution is 0.410. The van der Waals surface area contributed by atoms with Crippen molar-refractivity contribution >= 4 is 17.0 Å². The van der Waals surface area contributed by atoms with E-state index in [1.165, 1.54) is 11.3 Å². The summed E-state index contributed by atoms with van der Waals surface area (Å²) in [6.07, 6.45) is 0. The fraction of sp³-hybridized carbons (Fsp3) is 0.385. The van der Waals surface area contributed by atoms with Crippen LogP contribution in [-0.2, 0) is 12.0 Å². The SMILES string of the molecule is CC(C)(C)c1csc(CNc2c(F)c(F)nc(F)c2F)n1. The predicted octanol–water partition coefficient (Wildman–Crippen LogP) is 4.00. The van der Waals surface area contributed by atoms with E-state index in [1.807, 2.05) is 26.2 Å². The fourth-order valence-electron chi connectivity index (χ4n) is 1.54. The Hall–Kier alpha value is -1.70. The molecule has 2 rings (SSSR count). The summed E-state index contributed by atoms with van der Waals surface area (Å²) < 4.78 is 52.8. The van der Waals surface area contributed by atoms with Gasteiger partial charge in [0.2, 0.25) is 11.6 Å². The highest BCUT2D eigenvalue weighted by molar-refractivity contribution is 7.09. The molecular formula is C13H13F4N3S. The molecule has 8 heteroatoms. The molecule has 0 saturated carbocycles. The second-order valence-corrected chi connectivity index (χ2v) is 6.37.